The molecular formula is C33H22F4N2O4S. The van der Waals surface area contributed by atoms with Crippen molar-refractivity contribution in [3.05, 3.63) is 145 Å². The second-order valence-electron chi connectivity index (χ2n) is 9.76. The second-order valence-corrected chi connectivity index (χ2v) is 10.8. The maximum absolute atomic E-state index is 13.9. The molecule has 0 bridgehead atoms. The van der Waals surface area contributed by atoms with Crippen molar-refractivity contribution in [3.8, 4) is 11.3 Å². The number of alkyl halides is 3. The number of thiazole rings is 1. The quantitative estimate of drug-likeness (QED) is 0.164. The molecular weight excluding hydrogens is 596 g/mol. The summed E-state index contributed by atoms with van der Waals surface area (Å²) in [5.74, 6) is -0.736. The standard InChI is InChI=1S/C33H22F4N2O4S/c1-2-42-31(41)27-28(19-7-4-3-5-8-19)38-32-39(29(27)20-11-13-23(34)14-12-20)30(40)26(44-32)18-24-15-16-25(43-24)21-9-6-10-22(17-21)33(35,36)37/h3-18,29H,2H2,1H3/b26-18+/t29-/m1/s1. The zero-order valence-electron chi connectivity index (χ0n) is 23.0. The van der Waals surface area contributed by atoms with Crippen LogP contribution in [0.2, 0.25) is 0 Å². The van der Waals surface area contributed by atoms with Gasteiger partial charge in [-0.1, -0.05) is 65.9 Å². The largest absolute Gasteiger partial charge is 0.463 e. The third-order valence-corrected chi connectivity index (χ3v) is 7.92. The number of rotatable bonds is 6. The van der Waals surface area contributed by atoms with E-state index in [4.69, 9.17) is 14.1 Å². The van der Waals surface area contributed by atoms with E-state index in [2.05, 4.69) is 0 Å². The molecule has 0 N–H and O–H groups in total. The van der Waals surface area contributed by atoms with Gasteiger partial charge in [0.1, 0.15) is 17.3 Å². The van der Waals surface area contributed by atoms with E-state index in [1.807, 2.05) is 6.07 Å². The molecule has 5 aromatic rings. The van der Waals surface area contributed by atoms with Crippen molar-refractivity contribution in [1.29, 1.82) is 0 Å². The highest BCUT2D eigenvalue weighted by molar-refractivity contribution is 7.07. The van der Waals surface area contributed by atoms with Crippen LogP contribution >= 0.6 is 11.3 Å². The molecule has 1 aliphatic rings. The number of nitrogens with zero attached hydrogens (tertiary/aromatic N) is 2. The Balaban J connectivity index is 1.52. The van der Waals surface area contributed by atoms with Crippen LogP contribution < -0.4 is 14.9 Å². The first-order chi connectivity index (χ1) is 21.1. The van der Waals surface area contributed by atoms with Crippen molar-refractivity contribution in [1.82, 2.24) is 4.57 Å². The topological polar surface area (TPSA) is 73.8 Å². The maximum Gasteiger partial charge on any atom is 0.416 e. The van der Waals surface area contributed by atoms with Gasteiger partial charge in [-0.05, 0) is 48.9 Å². The fourth-order valence-electron chi connectivity index (χ4n) is 4.96. The summed E-state index contributed by atoms with van der Waals surface area (Å²) < 4.78 is 66.4. The molecule has 3 aromatic carbocycles. The maximum atomic E-state index is 13.9. The SMILES string of the molecule is CCOC(=O)C1=C(c2ccccc2)N=c2s/c(=C/c3ccc(-c4cccc(C(F)(F)F)c4)o3)c(=O)n2[C@@H]1c1ccc(F)cc1. The van der Waals surface area contributed by atoms with Crippen LogP contribution in [0.1, 0.15) is 35.4 Å². The number of hydrogen-bond acceptors (Lipinski definition) is 6. The highest BCUT2D eigenvalue weighted by Gasteiger charge is 2.35. The first kappa shape index (κ1) is 29.1. The number of carbonyl (C=O) groups excluding carboxylic acids is 1. The van der Waals surface area contributed by atoms with Gasteiger partial charge < -0.3 is 9.15 Å². The zero-order chi connectivity index (χ0) is 31.0. The third-order valence-electron chi connectivity index (χ3n) is 6.93. The van der Waals surface area contributed by atoms with Crippen molar-refractivity contribution in [3.63, 3.8) is 0 Å². The fraction of sp³-hybridized carbons (Fsp3) is 0.121. The minimum absolute atomic E-state index is 0.0810. The van der Waals surface area contributed by atoms with Crippen LogP contribution in [0.4, 0.5) is 17.6 Å². The third kappa shape index (κ3) is 5.53. The predicted molar refractivity (Wildman–Crippen MR) is 157 cm³/mol. The number of fused-ring (bicyclic) bond motifs is 1. The summed E-state index contributed by atoms with van der Waals surface area (Å²) in [6.07, 6.45) is -3.04. The highest BCUT2D eigenvalue weighted by atomic mass is 32.1. The molecule has 1 atom stereocenters. The van der Waals surface area contributed by atoms with Crippen molar-refractivity contribution >= 4 is 29.1 Å². The van der Waals surface area contributed by atoms with E-state index in [0.29, 0.717) is 16.8 Å². The van der Waals surface area contributed by atoms with Crippen LogP contribution in [0, 0.1) is 5.82 Å². The molecule has 0 saturated heterocycles. The number of furan rings is 1. The molecule has 44 heavy (non-hydrogen) atoms. The molecule has 1 aliphatic heterocycles. The Morgan fingerprint density at radius 2 is 1.73 bits per heavy atom. The summed E-state index contributed by atoms with van der Waals surface area (Å²) in [6, 6.07) is 21.3. The number of carbonyl (C=O) groups is 1. The van der Waals surface area contributed by atoms with E-state index < -0.39 is 35.1 Å². The van der Waals surface area contributed by atoms with Crippen LogP contribution in [0.3, 0.4) is 0 Å². The smallest absolute Gasteiger partial charge is 0.416 e. The Morgan fingerprint density at radius 1 is 1.00 bits per heavy atom. The molecule has 222 valence electrons. The number of halogens is 4. The number of ether oxygens (including phenoxy) is 1. The number of benzene rings is 3. The van der Waals surface area contributed by atoms with E-state index in [1.165, 1.54) is 53.1 Å². The summed E-state index contributed by atoms with van der Waals surface area (Å²) in [7, 11) is 0. The minimum Gasteiger partial charge on any atom is -0.463 e. The Labute approximate surface area is 251 Å². The number of aromatic nitrogens is 1. The number of hydrogen-bond donors (Lipinski definition) is 0. The highest BCUT2D eigenvalue weighted by Crippen LogP contribution is 2.36. The average molecular weight is 619 g/mol. The molecule has 0 unspecified atom stereocenters. The molecule has 0 amide bonds. The zero-order valence-corrected chi connectivity index (χ0v) is 23.8. The van der Waals surface area contributed by atoms with Gasteiger partial charge in [0.05, 0.1) is 34.0 Å². The first-order valence-electron chi connectivity index (χ1n) is 13.5. The number of esters is 1. The van der Waals surface area contributed by atoms with Crippen LogP contribution in [0.5, 0.6) is 0 Å². The lowest BCUT2D eigenvalue weighted by Gasteiger charge is -2.25. The summed E-state index contributed by atoms with van der Waals surface area (Å²) in [4.78, 5) is 32.4. The Bertz CT molecular complexity index is 2070. The minimum atomic E-state index is -4.51. The first-order valence-corrected chi connectivity index (χ1v) is 14.3. The van der Waals surface area contributed by atoms with Gasteiger partial charge >= 0.3 is 12.1 Å². The molecule has 0 fully saturated rings. The van der Waals surface area contributed by atoms with E-state index in [9.17, 15) is 27.2 Å². The van der Waals surface area contributed by atoms with Gasteiger partial charge in [0.2, 0.25) is 0 Å². The van der Waals surface area contributed by atoms with Crippen molar-refractivity contribution in [2.45, 2.75) is 19.1 Å². The predicted octanol–water partition coefficient (Wildman–Crippen LogP) is 6.35. The Morgan fingerprint density at radius 3 is 2.43 bits per heavy atom. The summed E-state index contributed by atoms with van der Waals surface area (Å²) >= 11 is 1.05. The van der Waals surface area contributed by atoms with E-state index >= 15 is 0 Å². The van der Waals surface area contributed by atoms with Crippen molar-refractivity contribution < 1.29 is 31.5 Å². The molecule has 0 saturated carbocycles. The molecule has 6 rings (SSSR count). The van der Waals surface area contributed by atoms with Crippen molar-refractivity contribution in [2.24, 2.45) is 4.99 Å². The van der Waals surface area contributed by atoms with Crippen LogP contribution in [0.25, 0.3) is 23.1 Å². The summed E-state index contributed by atoms with van der Waals surface area (Å²) in [5, 5.41) is 0. The van der Waals surface area contributed by atoms with Crippen LogP contribution in [-0.4, -0.2) is 17.1 Å². The molecule has 2 aromatic heterocycles. The molecule has 3 heterocycles. The molecule has 0 spiro atoms. The average Bonchev–Trinajstić information content (AvgIpc) is 3.61. The van der Waals surface area contributed by atoms with Crippen LogP contribution in [0.15, 0.2) is 111 Å². The monoisotopic (exact) mass is 618 g/mol. The van der Waals surface area contributed by atoms with E-state index in [1.54, 1.807) is 37.3 Å². The van der Waals surface area contributed by atoms with Gasteiger partial charge in [-0.15, -0.1) is 0 Å². The molecule has 11 heteroatoms. The normalized spacial score (nSPS) is 15.2. The molecule has 0 aliphatic carbocycles. The summed E-state index contributed by atoms with van der Waals surface area (Å²) in [5.41, 5.74) is 0.448. The van der Waals surface area contributed by atoms with E-state index in [-0.39, 0.29) is 38.6 Å². The second kappa shape index (κ2) is 11.6. The Hall–Kier alpha value is -5.03. The fourth-order valence-corrected chi connectivity index (χ4v) is 5.95. The van der Waals surface area contributed by atoms with E-state index in [0.717, 1.165) is 23.5 Å². The van der Waals surface area contributed by atoms with Gasteiger partial charge in [-0.3, -0.25) is 9.36 Å². The van der Waals surface area contributed by atoms with Gasteiger partial charge in [-0.25, -0.2) is 14.2 Å². The molecule has 0 radical (unpaired) electrons. The van der Waals surface area contributed by atoms with Gasteiger partial charge in [0.25, 0.3) is 5.56 Å². The van der Waals surface area contributed by atoms with Crippen LogP contribution in [-0.2, 0) is 15.7 Å². The van der Waals surface area contributed by atoms with Gasteiger partial charge in [-0.2, -0.15) is 13.2 Å². The lowest BCUT2D eigenvalue weighted by molar-refractivity contribution is -0.139. The Kier molecular flexibility index (Phi) is 7.64. The molecule has 6 nitrogen and oxygen atoms in total. The van der Waals surface area contributed by atoms with Gasteiger partial charge in [0.15, 0.2) is 4.80 Å². The van der Waals surface area contributed by atoms with Crippen molar-refractivity contribution in [2.75, 3.05) is 6.61 Å². The lowest BCUT2D eigenvalue weighted by Crippen LogP contribution is -2.40. The van der Waals surface area contributed by atoms with Gasteiger partial charge in [0, 0.05) is 17.2 Å². The lowest BCUT2D eigenvalue weighted by atomic mass is 9.93. The summed E-state index contributed by atoms with van der Waals surface area (Å²) in [6.45, 7) is 1.75.